The van der Waals surface area contributed by atoms with Crippen molar-refractivity contribution in [3.63, 3.8) is 0 Å². The van der Waals surface area contributed by atoms with Crippen LogP contribution < -0.4 is 0 Å². The van der Waals surface area contributed by atoms with Crippen LogP contribution in [-0.4, -0.2) is 62.0 Å². The number of methoxy groups -OCH3 is 1. The Morgan fingerprint density at radius 3 is 2.29 bits per heavy atom. The minimum Gasteiger partial charge on any atom is -0.463 e. The average molecular weight is 328 g/mol. The number of piperazine rings is 1. The maximum atomic E-state index is 12.5. The molecule has 6 nitrogen and oxygen atoms in total. The van der Waals surface area contributed by atoms with Crippen LogP contribution in [0.1, 0.15) is 20.9 Å². The quantitative estimate of drug-likeness (QED) is 0.808. The highest BCUT2D eigenvalue weighted by Crippen LogP contribution is 2.23. The fourth-order valence-electron chi connectivity index (χ4n) is 2.67. The molecule has 0 aliphatic carbocycles. The summed E-state index contributed by atoms with van der Waals surface area (Å²) >= 11 is 0. The van der Waals surface area contributed by atoms with Gasteiger partial charge in [-0.25, -0.2) is 4.79 Å². The lowest BCUT2D eigenvalue weighted by Gasteiger charge is -2.32. The van der Waals surface area contributed by atoms with E-state index >= 15 is 0 Å². The first-order valence-electron chi connectivity index (χ1n) is 7.85. The van der Waals surface area contributed by atoms with Crippen molar-refractivity contribution in [2.75, 3.05) is 40.3 Å². The van der Waals surface area contributed by atoms with Crippen molar-refractivity contribution >= 4 is 11.9 Å². The van der Waals surface area contributed by atoms with Crippen LogP contribution in [0.15, 0.2) is 40.8 Å². The van der Waals surface area contributed by atoms with Crippen LogP contribution in [0, 0.1) is 0 Å². The van der Waals surface area contributed by atoms with Gasteiger partial charge in [-0.3, -0.25) is 4.79 Å². The Morgan fingerprint density at radius 1 is 1.00 bits per heavy atom. The van der Waals surface area contributed by atoms with Crippen molar-refractivity contribution in [2.24, 2.45) is 0 Å². The zero-order valence-corrected chi connectivity index (χ0v) is 13.8. The molecule has 3 rings (SSSR count). The van der Waals surface area contributed by atoms with E-state index in [2.05, 4.69) is 16.7 Å². The Labute approximate surface area is 140 Å². The van der Waals surface area contributed by atoms with Gasteiger partial charge in [0.05, 0.1) is 7.11 Å². The Kier molecular flexibility index (Phi) is 4.66. The first kappa shape index (κ1) is 16.3. The van der Waals surface area contributed by atoms with Crippen molar-refractivity contribution in [3.8, 4) is 11.3 Å². The average Bonchev–Trinajstić information content (AvgIpc) is 3.11. The highest BCUT2D eigenvalue weighted by molar-refractivity contribution is 5.94. The highest BCUT2D eigenvalue weighted by Gasteiger charge is 2.20. The zero-order valence-electron chi connectivity index (χ0n) is 13.8. The zero-order chi connectivity index (χ0) is 17.1. The van der Waals surface area contributed by atoms with Crippen LogP contribution in [0.2, 0.25) is 0 Å². The predicted molar refractivity (Wildman–Crippen MR) is 88.9 cm³/mol. The molecule has 1 amide bonds. The van der Waals surface area contributed by atoms with Gasteiger partial charge in [0.15, 0.2) is 0 Å². The topological polar surface area (TPSA) is 63.0 Å². The molecule has 1 fully saturated rings. The number of rotatable bonds is 3. The molecular weight excluding hydrogens is 308 g/mol. The summed E-state index contributed by atoms with van der Waals surface area (Å²) in [6.07, 6.45) is 0. The molecule has 1 aliphatic heterocycles. The van der Waals surface area contributed by atoms with Gasteiger partial charge in [0, 0.05) is 37.3 Å². The van der Waals surface area contributed by atoms with Crippen molar-refractivity contribution in [1.29, 1.82) is 0 Å². The van der Waals surface area contributed by atoms with Gasteiger partial charge in [0.2, 0.25) is 5.76 Å². The van der Waals surface area contributed by atoms with E-state index in [1.807, 2.05) is 17.0 Å². The summed E-state index contributed by atoms with van der Waals surface area (Å²) in [5.74, 6) is 0.256. The maximum absolute atomic E-state index is 12.5. The number of hydrogen-bond donors (Lipinski definition) is 0. The van der Waals surface area contributed by atoms with Crippen LogP contribution in [-0.2, 0) is 4.74 Å². The molecule has 126 valence electrons. The first-order chi connectivity index (χ1) is 11.6. The summed E-state index contributed by atoms with van der Waals surface area (Å²) < 4.78 is 10.1. The minimum absolute atomic E-state index is 0.0457. The number of amides is 1. The van der Waals surface area contributed by atoms with Gasteiger partial charge in [-0.15, -0.1) is 0 Å². The second kappa shape index (κ2) is 6.88. The van der Waals surface area contributed by atoms with Crippen LogP contribution in [0.4, 0.5) is 0 Å². The van der Waals surface area contributed by atoms with Gasteiger partial charge < -0.3 is 19.0 Å². The van der Waals surface area contributed by atoms with Crippen molar-refractivity contribution in [2.45, 2.75) is 0 Å². The molecule has 6 heteroatoms. The summed E-state index contributed by atoms with van der Waals surface area (Å²) in [6, 6.07) is 10.5. The van der Waals surface area contributed by atoms with Crippen LogP contribution in [0.3, 0.4) is 0 Å². The van der Waals surface area contributed by atoms with Crippen LogP contribution in [0.5, 0.6) is 0 Å². The second-order valence-electron chi connectivity index (χ2n) is 5.83. The molecule has 2 heterocycles. The lowest BCUT2D eigenvalue weighted by molar-refractivity contribution is 0.0565. The van der Waals surface area contributed by atoms with E-state index in [4.69, 9.17) is 4.42 Å². The summed E-state index contributed by atoms with van der Waals surface area (Å²) in [7, 11) is 3.37. The molecule has 2 aromatic rings. The largest absolute Gasteiger partial charge is 0.463 e. The lowest BCUT2D eigenvalue weighted by Crippen LogP contribution is -2.47. The third kappa shape index (κ3) is 3.33. The number of carbonyl (C=O) groups excluding carboxylic acids is 2. The smallest absolute Gasteiger partial charge is 0.373 e. The molecule has 0 N–H and O–H groups in total. The van der Waals surface area contributed by atoms with Crippen molar-refractivity contribution < 1.29 is 18.7 Å². The van der Waals surface area contributed by atoms with Gasteiger partial charge in [0.1, 0.15) is 5.76 Å². The van der Waals surface area contributed by atoms with Crippen LogP contribution in [0.25, 0.3) is 11.3 Å². The number of benzene rings is 1. The Balaban J connectivity index is 1.72. The van der Waals surface area contributed by atoms with E-state index in [-0.39, 0.29) is 11.7 Å². The highest BCUT2D eigenvalue weighted by atomic mass is 16.5. The molecule has 0 spiro atoms. The number of hydrogen-bond acceptors (Lipinski definition) is 5. The Bertz CT molecular complexity index is 728. The van der Waals surface area contributed by atoms with E-state index in [1.165, 1.54) is 7.11 Å². The molecule has 0 saturated carbocycles. The first-order valence-corrected chi connectivity index (χ1v) is 7.85. The molecule has 0 bridgehead atoms. The standard InChI is InChI=1S/C18H20N2O4/c1-19-9-11-20(12-10-19)17(21)14-5-3-13(4-6-14)15-7-8-16(24-15)18(22)23-2/h3-8H,9-12H2,1-2H3. The number of likely N-dealkylation sites (N-methyl/N-ethyl adjacent to an activating group) is 1. The summed E-state index contributed by atoms with van der Waals surface area (Å²) in [6.45, 7) is 3.29. The number of furan rings is 1. The molecular formula is C18H20N2O4. The normalized spacial score (nSPS) is 15.3. The molecule has 1 aromatic heterocycles. The molecule has 0 radical (unpaired) electrons. The SMILES string of the molecule is COC(=O)c1ccc(-c2ccc(C(=O)N3CCN(C)CC3)cc2)o1. The Hall–Kier alpha value is -2.60. The fourth-order valence-corrected chi connectivity index (χ4v) is 2.67. The van der Waals surface area contributed by atoms with E-state index in [9.17, 15) is 9.59 Å². The minimum atomic E-state index is -0.511. The number of carbonyl (C=O) groups is 2. The Morgan fingerprint density at radius 2 is 1.67 bits per heavy atom. The lowest BCUT2D eigenvalue weighted by atomic mass is 10.1. The van der Waals surface area contributed by atoms with Gasteiger partial charge in [0.25, 0.3) is 5.91 Å². The monoisotopic (exact) mass is 328 g/mol. The maximum Gasteiger partial charge on any atom is 0.373 e. The molecule has 24 heavy (non-hydrogen) atoms. The fraction of sp³-hybridized carbons (Fsp3) is 0.333. The van der Waals surface area contributed by atoms with Crippen molar-refractivity contribution in [3.05, 3.63) is 47.7 Å². The predicted octanol–water partition coefficient (Wildman–Crippen LogP) is 2.12. The molecule has 1 aliphatic rings. The third-order valence-electron chi connectivity index (χ3n) is 4.20. The van der Waals surface area contributed by atoms with Gasteiger partial charge >= 0.3 is 5.97 Å². The van der Waals surface area contributed by atoms with E-state index in [0.717, 1.165) is 31.7 Å². The number of esters is 1. The third-order valence-corrected chi connectivity index (χ3v) is 4.20. The van der Waals surface area contributed by atoms with E-state index < -0.39 is 5.97 Å². The van der Waals surface area contributed by atoms with Gasteiger partial charge in [-0.2, -0.15) is 0 Å². The number of ether oxygens (including phenoxy) is 1. The summed E-state index contributed by atoms with van der Waals surface area (Å²) in [5.41, 5.74) is 1.46. The summed E-state index contributed by atoms with van der Waals surface area (Å²) in [4.78, 5) is 28.0. The molecule has 0 unspecified atom stereocenters. The van der Waals surface area contributed by atoms with Gasteiger partial charge in [-0.1, -0.05) is 12.1 Å². The van der Waals surface area contributed by atoms with Gasteiger partial charge in [-0.05, 0) is 31.3 Å². The molecule has 0 atom stereocenters. The molecule has 1 saturated heterocycles. The summed E-state index contributed by atoms with van der Waals surface area (Å²) in [5, 5.41) is 0. The second-order valence-corrected chi connectivity index (χ2v) is 5.83. The van der Waals surface area contributed by atoms with E-state index in [1.54, 1.807) is 24.3 Å². The van der Waals surface area contributed by atoms with Crippen molar-refractivity contribution in [1.82, 2.24) is 9.80 Å². The number of nitrogens with zero attached hydrogens (tertiary/aromatic N) is 2. The van der Waals surface area contributed by atoms with Crippen LogP contribution >= 0.6 is 0 Å². The molecule has 1 aromatic carbocycles. The van der Waals surface area contributed by atoms with E-state index in [0.29, 0.717) is 11.3 Å².